The Morgan fingerprint density at radius 2 is 1.95 bits per heavy atom. The van der Waals surface area contributed by atoms with Crippen molar-refractivity contribution in [1.29, 1.82) is 0 Å². The monoisotopic (exact) mass is 303 g/mol. The minimum atomic E-state index is 0.106. The van der Waals surface area contributed by atoms with Crippen molar-refractivity contribution in [1.82, 2.24) is 4.90 Å². The van der Waals surface area contributed by atoms with Crippen LogP contribution < -0.4 is 0 Å². The lowest BCUT2D eigenvalue weighted by molar-refractivity contribution is 0.0742. The number of carbonyl (C=O) groups excluding carboxylic acids is 1. The molecule has 0 saturated carbocycles. The fraction of sp³-hybridized carbons (Fsp3) is 0.471. The number of benzene rings is 1. The highest BCUT2D eigenvalue weighted by Gasteiger charge is 2.41. The summed E-state index contributed by atoms with van der Waals surface area (Å²) < 4.78 is 5.73. The van der Waals surface area contributed by atoms with Gasteiger partial charge in [0.1, 0.15) is 5.58 Å². The molecule has 2 aliphatic rings. The Balaban J connectivity index is 1.61. The van der Waals surface area contributed by atoms with Gasteiger partial charge in [-0.2, -0.15) is 0 Å². The molecule has 1 aromatic heterocycles. The zero-order chi connectivity index (χ0) is 14.6. The lowest BCUT2D eigenvalue weighted by Gasteiger charge is -2.35. The molecule has 21 heavy (non-hydrogen) atoms. The molecule has 0 aliphatic carbocycles. The molecule has 4 rings (SSSR count). The third-order valence-corrected chi connectivity index (χ3v) is 5.43. The average molecular weight is 304 g/mol. The molecule has 2 unspecified atom stereocenters. The lowest BCUT2D eigenvalue weighted by atomic mass is 9.87. The van der Waals surface area contributed by atoms with Crippen LogP contribution in [0.2, 0.25) is 5.02 Å². The van der Waals surface area contributed by atoms with E-state index in [-0.39, 0.29) is 11.7 Å². The Morgan fingerprint density at radius 3 is 2.67 bits per heavy atom. The zero-order valence-corrected chi connectivity index (χ0v) is 12.8. The predicted molar refractivity (Wildman–Crippen MR) is 82.9 cm³/mol. The topological polar surface area (TPSA) is 33.5 Å². The number of rotatable bonds is 2. The summed E-state index contributed by atoms with van der Waals surface area (Å²) in [6.07, 6.45) is 4.37. The van der Waals surface area contributed by atoms with E-state index in [0.717, 1.165) is 23.8 Å². The second-order valence-electron chi connectivity index (χ2n) is 6.38. The molecular weight excluding hydrogens is 286 g/mol. The maximum Gasteiger partial charge on any atom is 0.201 e. The Labute approximate surface area is 128 Å². The van der Waals surface area contributed by atoms with Crippen molar-refractivity contribution in [3.05, 3.63) is 35.0 Å². The van der Waals surface area contributed by atoms with E-state index in [1.54, 1.807) is 6.07 Å². The molecular formula is C17H18ClNO2. The third kappa shape index (κ3) is 2.19. The molecule has 2 saturated heterocycles. The Morgan fingerprint density at radius 1 is 1.24 bits per heavy atom. The van der Waals surface area contributed by atoms with E-state index < -0.39 is 0 Å². The van der Waals surface area contributed by atoms with Crippen molar-refractivity contribution in [3.63, 3.8) is 0 Å². The minimum Gasteiger partial charge on any atom is -0.453 e. The maximum atomic E-state index is 12.7. The summed E-state index contributed by atoms with van der Waals surface area (Å²) >= 11 is 5.99. The molecule has 1 aromatic carbocycles. The summed E-state index contributed by atoms with van der Waals surface area (Å²) in [6.45, 7) is 0. The zero-order valence-electron chi connectivity index (χ0n) is 12.0. The molecule has 2 fully saturated rings. The van der Waals surface area contributed by atoms with Crippen molar-refractivity contribution in [3.8, 4) is 0 Å². The maximum absolute atomic E-state index is 12.7. The molecule has 3 nitrogen and oxygen atoms in total. The largest absolute Gasteiger partial charge is 0.453 e. The smallest absolute Gasteiger partial charge is 0.201 e. The number of Topliss-reactive ketones (excluding diaryl/α,β-unsaturated/α-hetero) is 1. The highest BCUT2D eigenvalue weighted by atomic mass is 35.5. The van der Waals surface area contributed by atoms with Gasteiger partial charge in [-0.1, -0.05) is 11.6 Å². The van der Waals surface area contributed by atoms with Gasteiger partial charge in [0.15, 0.2) is 5.76 Å². The van der Waals surface area contributed by atoms with Crippen molar-refractivity contribution in [2.45, 2.75) is 37.8 Å². The minimum absolute atomic E-state index is 0.106. The van der Waals surface area contributed by atoms with Gasteiger partial charge in [0, 0.05) is 28.4 Å². The van der Waals surface area contributed by atoms with Crippen LogP contribution in [-0.2, 0) is 0 Å². The number of halogens is 1. The van der Waals surface area contributed by atoms with Crippen molar-refractivity contribution in [2.24, 2.45) is 5.92 Å². The highest BCUT2D eigenvalue weighted by molar-refractivity contribution is 6.31. The van der Waals surface area contributed by atoms with E-state index in [9.17, 15) is 4.79 Å². The fourth-order valence-electron chi connectivity index (χ4n) is 3.96. The van der Waals surface area contributed by atoms with E-state index in [1.165, 1.54) is 12.8 Å². The van der Waals surface area contributed by atoms with E-state index in [4.69, 9.17) is 16.0 Å². The second-order valence-corrected chi connectivity index (χ2v) is 6.81. The first-order chi connectivity index (χ1) is 10.1. The van der Waals surface area contributed by atoms with Gasteiger partial charge in [-0.3, -0.25) is 4.79 Å². The highest BCUT2D eigenvalue weighted by Crippen LogP contribution is 2.39. The normalized spacial score (nSPS) is 29.1. The van der Waals surface area contributed by atoms with Gasteiger partial charge in [0.25, 0.3) is 0 Å². The average Bonchev–Trinajstić information content (AvgIpc) is 2.94. The first kappa shape index (κ1) is 13.4. The lowest BCUT2D eigenvalue weighted by Crippen LogP contribution is -2.42. The molecule has 110 valence electrons. The predicted octanol–water partition coefficient (Wildman–Crippen LogP) is 4.14. The van der Waals surface area contributed by atoms with Gasteiger partial charge in [-0.05, 0) is 57.0 Å². The summed E-state index contributed by atoms with van der Waals surface area (Å²) in [6, 6.07) is 8.43. The number of carbonyl (C=O) groups is 1. The molecule has 2 aliphatic heterocycles. The number of hydrogen-bond donors (Lipinski definition) is 0. The number of furan rings is 1. The van der Waals surface area contributed by atoms with Crippen LogP contribution >= 0.6 is 11.6 Å². The molecule has 2 aromatic rings. The molecule has 4 heteroatoms. The molecule has 3 heterocycles. The van der Waals surface area contributed by atoms with Crippen LogP contribution in [0.1, 0.15) is 36.2 Å². The van der Waals surface area contributed by atoms with E-state index in [0.29, 0.717) is 22.9 Å². The van der Waals surface area contributed by atoms with E-state index in [1.807, 2.05) is 18.2 Å². The standard InChI is InChI=1S/C17H18ClNO2/c1-19-13-3-4-14(19)8-11(7-13)17(20)16-9-10-6-12(18)2-5-15(10)21-16/h2,5-6,9,11,13-14H,3-4,7-8H2,1H3. The van der Waals surface area contributed by atoms with Gasteiger partial charge in [-0.15, -0.1) is 0 Å². The quantitative estimate of drug-likeness (QED) is 0.782. The number of fused-ring (bicyclic) bond motifs is 3. The van der Waals surface area contributed by atoms with Gasteiger partial charge in [0.05, 0.1) is 0 Å². The summed E-state index contributed by atoms with van der Waals surface area (Å²) in [7, 11) is 2.19. The molecule has 0 spiro atoms. The van der Waals surface area contributed by atoms with Gasteiger partial charge in [-0.25, -0.2) is 0 Å². The number of hydrogen-bond acceptors (Lipinski definition) is 3. The molecule has 0 amide bonds. The van der Waals surface area contributed by atoms with E-state index in [2.05, 4.69) is 11.9 Å². The van der Waals surface area contributed by atoms with Crippen LogP contribution in [0.5, 0.6) is 0 Å². The summed E-state index contributed by atoms with van der Waals surface area (Å²) in [5.41, 5.74) is 0.735. The first-order valence-electron chi connectivity index (χ1n) is 7.57. The van der Waals surface area contributed by atoms with Crippen LogP contribution in [0.3, 0.4) is 0 Å². The van der Waals surface area contributed by atoms with Crippen LogP contribution in [0.25, 0.3) is 11.0 Å². The van der Waals surface area contributed by atoms with Crippen LogP contribution in [0.15, 0.2) is 28.7 Å². The number of piperidine rings is 1. The number of ketones is 1. The number of nitrogens with zero attached hydrogens (tertiary/aromatic N) is 1. The molecule has 0 radical (unpaired) electrons. The van der Waals surface area contributed by atoms with Crippen molar-refractivity contribution >= 4 is 28.4 Å². The fourth-order valence-corrected chi connectivity index (χ4v) is 4.14. The second kappa shape index (κ2) is 4.85. The third-order valence-electron chi connectivity index (χ3n) is 5.19. The van der Waals surface area contributed by atoms with Gasteiger partial charge in [0.2, 0.25) is 5.78 Å². The van der Waals surface area contributed by atoms with Crippen LogP contribution in [0.4, 0.5) is 0 Å². The molecule has 0 N–H and O–H groups in total. The van der Waals surface area contributed by atoms with Crippen LogP contribution in [0, 0.1) is 5.92 Å². The van der Waals surface area contributed by atoms with Gasteiger partial charge >= 0.3 is 0 Å². The molecule has 2 atom stereocenters. The Bertz CT molecular complexity index is 694. The Hall–Kier alpha value is -1.32. The van der Waals surface area contributed by atoms with E-state index >= 15 is 0 Å². The summed E-state index contributed by atoms with van der Waals surface area (Å²) in [4.78, 5) is 15.2. The first-order valence-corrected chi connectivity index (χ1v) is 7.95. The summed E-state index contributed by atoms with van der Waals surface area (Å²) in [5.74, 6) is 0.753. The van der Waals surface area contributed by atoms with Crippen molar-refractivity contribution in [2.75, 3.05) is 7.05 Å². The molecule has 2 bridgehead atoms. The SMILES string of the molecule is CN1C2CCC1CC(C(=O)c1cc3cc(Cl)ccc3o1)C2. The summed E-state index contributed by atoms with van der Waals surface area (Å²) in [5, 5.41) is 1.57. The van der Waals surface area contributed by atoms with Crippen molar-refractivity contribution < 1.29 is 9.21 Å². The van der Waals surface area contributed by atoms with Gasteiger partial charge < -0.3 is 9.32 Å². The Kier molecular flexibility index (Phi) is 3.09. The van der Waals surface area contributed by atoms with Crippen LogP contribution in [-0.4, -0.2) is 29.8 Å².